The summed E-state index contributed by atoms with van der Waals surface area (Å²) in [6, 6.07) is 14.0. The Bertz CT molecular complexity index is 922. The minimum Gasteiger partial charge on any atom is -0.379 e. The highest BCUT2D eigenvalue weighted by Gasteiger charge is 2.21. The molecule has 0 aromatic heterocycles. The number of anilines is 1. The first-order valence-electron chi connectivity index (χ1n) is 9.52. The third-order valence-electron chi connectivity index (χ3n) is 4.63. The normalized spacial score (nSPS) is 15.3. The van der Waals surface area contributed by atoms with Crippen LogP contribution in [0.2, 0.25) is 0 Å². The summed E-state index contributed by atoms with van der Waals surface area (Å²) in [4.78, 5) is 15.2. The van der Waals surface area contributed by atoms with Crippen LogP contribution in [0.1, 0.15) is 29.3 Å². The van der Waals surface area contributed by atoms with Gasteiger partial charge in [0.25, 0.3) is 5.91 Å². The smallest absolute Gasteiger partial charge is 0.256 e. The van der Waals surface area contributed by atoms with E-state index in [1.165, 1.54) is 6.07 Å². The molecule has 0 spiro atoms. The van der Waals surface area contributed by atoms with Gasteiger partial charge >= 0.3 is 0 Å². The fourth-order valence-corrected chi connectivity index (χ4v) is 4.81. The van der Waals surface area contributed by atoms with E-state index in [0.717, 1.165) is 38.4 Å². The molecule has 28 heavy (non-hydrogen) atoms. The summed E-state index contributed by atoms with van der Waals surface area (Å²) < 4.78 is 30.4. The van der Waals surface area contributed by atoms with Gasteiger partial charge in [0.05, 0.1) is 29.4 Å². The molecule has 0 bridgehead atoms. The van der Waals surface area contributed by atoms with Crippen LogP contribution in [0.25, 0.3) is 0 Å². The predicted octanol–water partition coefficient (Wildman–Crippen LogP) is 2.95. The molecular formula is C21H26N2O4S. The van der Waals surface area contributed by atoms with Crippen molar-refractivity contribution in [3.05, 3.63) is 59.7 Å². The van der Waals surface area contributed by atoms with E-state index in [9.17, 15) is 13.2 Å². The molecule has 1 fully saturated rings. The molecule has 0 radical (unpaired) electrons. The fraction of sp³-hybridized carbons (Fsp3) is 0.381. The van der Waals surface area contributed by atoms with Crippen molar-refractivity contribution in [2.75, 3.05) is 37.4 Å². The molecule has 2 aromatic carbocycles. The maximum Gasteiger partial charge on any atom is 0.256 e. The minimum absolute atomic E-state index is 0.0202. The summed E-state index contributed by atoms with van der Waals surface area (Å²) >= 11 is 0. The van der Waals surface area contributed by atoms with Gasteiger partial charge in [-0.2, -0.15) is 0 Å². The highest BCUT2D eigenvalue weighted by Crippen LogP contribution is 2.20. The van der Waals surface area contributed by atoms with Gasteiger partial charge in [0.15, 0.2) is 9.84 Å². The van der Waals surface area contributed by atoms with E-state index in [0.29, 0.717) is 12.1 Å². The number of hydrogen-bond donors (Lipinski definition) is 1. The van der Waals surface area contributed by atoms with Gasteiger partial charge in [-0.3, -0.25) is 9.69 Å². The summed E-state index contributed by atoms with van der Waals surface area (Å²) in [5.41, 5.74) is 1.92. The molecule has 1 saturated heterocycles. The molecule has 1 aliphatic rings. The van der Waals surface area contributed by atoms with Crippen molar-refractivity contribution in [3.63, 3.8) is 0 Å². The van der Waals surface area contributed by atoms with Crippen molar-refractivity contribution >= 4 is 21.4 Å². The zero-order valence-electron chi connectivity index (χ0n) is 16.1. The van der Waals surface area contributed by atoms with Crippen molar-refractivity contribution in [3.8, 4) is 0 Å². The average Bonchev–Trinajstić information content (AvgIpc) is 2.69. The highest BCUT2D eigenvalue weighted by atomic mass is 32.2. The second kappa shape index (κ2) is 9.32. The van der Waals surface area contributed by atoms with E-state index in [2.05, 4.69) is 10.2 Å². The average molecular weight is 403 g/mol. The first-order valence-corrected chi connectivity index (χ1v) is 11.2. The van der Waals surface area contributed by atoms with Crippen LogP contribution < -0.4 is 5.32 Å². The van der Waals surface area contributed by atoms with Gasteiger partial charge in [0.1, 0.15) is 0 Å². The Morgan fingerprint density at radius 2 is 1.86 bits per heavy atom. The molecule has 1 aliphatic heterocycles. The first-order chi connectivity index (χ1) is 13.5. The van der Waals surface area contributed by atoms with Gasteiger partial charge in [-0.05, 0) is 36.2 Å². The SMILES string of the molecule is CCCS(=O)(=O)c1ccccc1C(=O)Nc1cccc(CN2CCOCC2)c1. The molecule has 7 heteroatoms. The lowest BCUT2D eigenvalue weighted by molar-refractivity contribution is 0.0342. The molecule has 150 valence electrons. The van der Waals surface area contributed by atoms with Crippen LogP contribution in [-0.4, -0.2) is 51.3 Å². The van der Waals surface area contributed by atoms with Gasteiger partial charge in [0.2, 0.25) is 0 Å². The molecule has 0 saturated carbocycles. The van der Waals surface area contributed by atoms with E-state index in [1.807, 2.05) is 24.3 Å². The molecule has 0 aliphatic carbocycles. The topological polar surface area (TPSA) is 75.7 Å². The summed E-state index contributed by atoms with van der Waals surface area (Å²) in [6.07, 6.45) is 0.502. The van der Waals surface area contributed by atoms with Crippen LogP contribution >= 0.6 is 0 Å². The molecule has 6 nitrogen and oxygen atoms in total. The maximum atomic E-state index is 12.8. The Balaban J connectivity index is 1.76. The monoisotopic (exact) mass is 402 g/mol. The number of nitrogens with zero attached hydrogens (tertiary/aromatic N) is 1. The number of carbonyl (C=O) groups excluding carboxylic acids is 1. The van der Waals surface area contributed by atoms with Crippen LogP contribution in [0.15, 0.2) is 53.4 Å². The Labute approximate surface area is 166 Å². The molecule has 2 aromatic rings. The minimum atomic E-state index is -3.48. The summed E-state index contributed by atoms with van der Waals surface area (Å²) in [7, 11) is -3.48. The Morgan fingerprint density at radius 1 is 1.11 bits per heavy atom. The van der Waals surface area contributed by atoms with Crippen molar-refractivity contribution in [2.45, 2.75) is 24.8 Å². The molecule has 0 unspecified atom stereocenters. The lowest BCUT2D eigenvalue weighted by Gasteiger charge is -2.26. The van der Waals surface area contributed by atoms with Crippen LogP contribution in [-0.2, 0) is 21.1 Å². The molecule has 3 rings (SSSR count). The summed E-state index contributed by atoms with van der Waals surface area (Å²) in [5, 5.41) is 2.84. The van der Waals surface area contributed by atoms with Gasteiger partial charge in [0, 0.05) is 25.3 Å². The van der Waals surface area contributed by atoms with E-state index in [1.54, 1.807) is 25.1 Å². The number of sulfone groups is 1. The Kier molecular flexibility index (Phi) is 6.83. The predicted molar refractivity (Wildman–Crippen MR) is 109 cm³/mol. The number of benzene rings is 2. The zero-order chi connectivity index (χ0) is 20.0. The van der Waals surface area contributed by atoms with Crippen molar-refractivity contribution in [1.82, 2.24) is 4.90 Å². The molecule has 1 heterocycles. The maximum absolute atomic E-state index is 12.8. The zero-order valence-corrected chi connectivity index (χ0v) is 16.9. The first kappa shape index (κ1) is 20.5. The highest BCUT2D eigenvalue weighted by molar-refractivity contribution is 7.91. The van der Waals surface area contributed by atoms with Crippen LogP contribution in [0.5, 0.6) is 0 Å². The number of hydrogen-bond acceptors (Lipinski definition) is 5. The number of rotatable bonds is 7. The molecular weight excluding hydrogens is 376 g/mol. The van der Waals surface area contributed by atoms with Crippen molar-refractivity contribution < 1.29 is 17.9 Å². The number of amides is 1. The molecule has 1 N–H and O–H groups in total. The van der Waals surface area contributed by atoms with Crippen molar-refractivity contribution in [2.24, 2.45) is 0 Å². The van der Waals surface area contributed by atoms with E-state index < -0.39 is 15.7 Å². The standard InChI is InChI=1S/C21H26N2O4S/c1-2-14-28(25,26)20-9-4-3-8-19(20)21(24)22-18-7-5-6-17(15-18)16-23-10-12-27-13-11-23/h3-9,15H,2,10-14,16H2,1H3,(H,22,24). The number of ether oxygens (including phenoxy) is 1. The Morgan fingerprint density at radius 3 is 2.61 bits per heavy atom. The van der Waals surface area contributed by atoms with Gasteiger partial charge in [-0.15, -0.1) is 0 Å². The van der Waals surface area contributed by atoms with Crippen LogP contribution in [0.3, 0.4) is 0 Å². The second-order valence-electron chi connectivity index (χ2n) is 6.86. The fourth-order valence-electron chi connectivity index (χ4n) is 3.27. The van der Waals surface area contributed by atoms with Crippen molar-refractivity contribution in [1.29, 1.82) is 0 Å². The van der Waals surface area contributed by atoms with Gasteiger partial charge < -0.3 is 10.1 Å². The summed E-state index contributed by atoms with van der Waals surface area (Å²) in [5.74, 6) is -0.398. The molecule has 0 atom stereocenters. The van der Waals surface area contributed by atoms with E-state index in [-0.39, 0.29) is 16.2 Å². The largest absolute Gasteiger partial charge is 0.379 e. The van der Waals surface area contributed by atoms with Crippen LogP contribution in [0.4, 0.5) is 5.69 Å². The van der Waals surface area contributed by atoms with E-state index >= 15 is 0 Å². The summed E-state index contributed by atoms with van der Waals surface area (Å²) in [6.45, 7) is 5.84. The van der Waals surface area contributed by atoms with E-state index in [4.69, 9.17) is 4.74 Å². The third kappa shape index (κ3) is 5.19. The van der Waals surface area contributed by atoms with Gasteiger partial charge in [-0.25, -0.2) is 8.42 Å². The lowest BCUT2D eigenvalue weighted by Crippen LogP contribution is -2.35. The number of morpholine rings is 1. The number of carbonyl (C=O) groups is 1. The van der Waals surface area contributed by atoms with Gasteiger partial charge in [-0.1, -0.05) is 31.2 Å². The quantitative estimate of drug-likeness (QED) is 0.771. The lowest BCUT2D eigenvalue weighted by atomic mass is 10.1. The third-order valence-corrected chi connectivity index (χ3v) is 6.61. The Hall–Kier alpha value is -2.22. The molecule has 1 amide bonds. The second-order valence-corrected chi connectivity index (χ2v) is 8.94. The van der Waals surface area contributed by atoms with Crippen LogP contribution in [0, 0.1) is 0 Å². The number of nitrogens with one attached hydrogen (secondary N) is 1.